The zero-order valence-electron chi connectivity index (χ0n) is 18.5. The standard InChI is InChI=1S/C25H31N3O3/c1-4-5-6-9-16-28-25(31)27(23(26-28)18(2)3)17-19-12-14-20(15-13-19)21-10-7-8-11-22(21)24(29)30/h7-8,10-15,18H,4-6,9,16-17H2,1-3H3,(H,29,30). The summed E-state index contributed by atoms with van der Waals surface area (Å²) >= 11 is 0. The van der Waals surface area contributed by atoms with Gasteiger partial charge in [-0.2, -0.15) is 5.10 Å². The summed E-state index contributed by atoms with van der Waals surface area (Å²) in [6.45, 7) is 7.36. The molecule has 6 heteroatoms. The number of aromatic nitrogens is 3. The second-order valence-electron chi connectivity index (χ2n) is 8.21. The maximum Gasteiger partial charge on any atom is 0.346 e. The molecule has 0 saturated heterocycles. The lowest BCUT2D eigenvalue weighted by molar-refractivity contribution is 0.0697. The van der Waals surface area contributed by atoms with Crippen LogP contribution in [-0.4, -0.2) is 25.4 Å². The van der Waals surface area contributed by atoms with Gasteiger partial charge in [-0.05, 0) is 29.2 Å². The van der Waals surface area contributed by atoms with Gasteiger partial charge < -0.3 is 5.11 Å². The number of benzene rings is 2. The molecule has 0 radical (unpaired) electrons. The van der Waals surface area contributed by atoms with Crippen molar-refractivity contribution in [3.8, 4) is 11.1 Å². The van der Waals surface area contributed by atoms with E-state index >= 15 is 0 Å². The van der Waals surface area contributed by atoms with Crippen molar-refractivity contribution in [2.45, 2.75) is 65.5 Å². The summed E-state index contributed by atoms with van der Waals surface area (Å²) in [5.74, 6) is -0.00810. The highest BCUT2D eigenvalue weighted by atomic mass is 16.4. The van der Waals surface area contributed by atoms with Crippen LogP contribution < -0.4 is 5.69 Å². The summed E-state index contributed by atoms with van der Waals surface area (Å²) in [6, 6.07) is 14.7. The molecule has 2 aromatic carbocycles. The summed E-state index contributed by atoms with van der Waals surface area (Å²) in [7, 11) is 0. The van der Waals surface area contributed by atoms with Crippen molar-refractivity contribution in [1.82, 2.24) is 14.3 Å². The highest BCUT2D eigenvalue weighted by molar-refractivity contribution is 5.95. The zero-order chi connectivity index (χ0) is 22.4. The largest absolute Gasteiger partial charge is 0.478 e. The molecule has 3 aromatic rings. The first-order valence-corrected chi connectivity index (χ1v) is 11.0. The normalized spacial score (nSPS) is 11.2. The van der Waals surface area contributed by atoms with E-state index in [1.165, 1.54) is 6.42 Å². The molecule has 0 spiro atoms. The maximum absolute atomic E-state index is 13.0. The molecule has 1 aromatic heterocycles. The third-order valence-electron chi connectivity index (χ3n) is 5.45. The van der Waals surface area contributed by atoms with Gasteiger partial charge in [0.05, 0.1) is 12.1 Å². The van der Waals surface area contributed by atoms with Crippen LogP contribution in [0.1, 0.15) is 74.1 Å². The highest BCUT2D eigenvalue weighted by Gasteiger charge is 2.17. The third kappa shape index (κ3) is 5.32. The van der Waals surface area contributed by atoms with E-state index < -0.39 is 5.97 Å². The van der Waals surface area contributed by atoms with E-state index in [9.17, 15) is 14.7 Å². The number of carboxylic acid groups (broad SMARTS) is 1. The Morgan fingerprint density at radius 1 is 1.03 bits per heavy atom. The van der Waals surface area contributed by atoms with Crippen LogP contribution in [0, 0.1) is 0 Å². The van der Waals surface area contributed by atoms with Crippen LogP contribution in [-0.2, 0) is 13.1 Å². The minimum absolute atomic E-state index is 0.0690. The number of aromatic carboxylic acids is 1. The fourth-order valence-corrected chi connectivity index (χ4v) is 3.76. The van der Waals surface area contributed by atoms with Crippen LogP contribution in [0.3, 0.4) is 0 Å². The predicted molar refractivity (Wildman–Crippen MR) is 123 cm³/mol. The number of hydrogen-bond acceptors (Lipinski definition) is 3. The lowest BCUT2D eigenvalue weighted by atomic mass is 9.99. The smallest absolute Gasteiger partial charge is 0.346 e. The Balaban J connectivity index is 1.83. The lowest BCUT2D eigenvalue weighted by Gasteiger charge is -2.10. The minimum atomic E-state index is -0.945. The van der Waals surface area contributed by atoms with Crippen LogP contribution in [0.15, 0.2) is 53.3 Å². The van der Waals surface area contributed by atoms with Gasteiger partial charge in [-0.25, -0.2) is 14.3 Å². The molecule has 0 amide bonds. The van der Waals surface area contributed by atoms with E-state index in [1.54, 1.807) is 21.4 Å². The van der Waals surface area contributed by atoms with Gasteiger partial charge in [0.25, 0.3) is 0 Å². The molecule has 0 saturated carbocycles. The van der Waals surface area contributed by atoms with Gasteiger partial charge in [0.15, 0.2) is 0 Å². The summed E-state index contributed by atoms with van der Waals surface area (Å²) < 4.78 is 3.35. The fourth-order valence-electron chi connectivity index (χ4n) is 3.76. The summed E-state index contributed by atoms with van der Waals surface area (Å²) in [5, 5.41) is 14.0. The number of carbonyl (C=O) groups is 1. The average molecular weight is 422 g/mol. The average Bonchev–Trinajstić information content (AvgIpc) is 3.07. The summed E-state index contributed by atoms with van der Waals surface area (Å²) in [5.41, 5.74) is 2.70. The molecule has 1 N–H and O–H groups in total. The van der Waals surface area contributed by atoms with E-state index in [4.69, 9.17) is 0 Å². The van der Waals surface area contributed by atoms with Crippen molar-refractivity contribution in [2.24, 2.45) is 0 Å². The van der Waals surface area contributed by atoms with Crippen molar-refractivity contribution in [2.75, 3.05) is 0 Å². The number of carboxylic acids is 1. The molecule has 0 aliphatic heterocycles. The first-order chi connectivity index (χ1) is 14.9. The molecule has 0 aliphatic carbocycles. The van der Waals surface area contributed by atoms with Crippen LogP contribution in [0.2, 0.25) is 0 Å². The van der Waals surface area contributed by atoms with Crippen molar-refractivity contribution in [3.63, 3.8) is 0 Å². The quantitative estimate of drug-likeness (QED) is 0.459. The number of nitrogens with zero attached hydrogens (tertiary/aromatic N) is 3. The minimum Gasteiger partial charge on any atom is -0.478 e. The van der Waals surface area contributed by atoms with E-state index in [0.29, 0.717) is 18.7 Å². The van der Waals surface area contributed by atoms with Gasteiger partial charge >= 0.3 is 11.7 Å². The molecular weight excluding hydrogens is 390 g/mol. The van der Waals surface area contributed by atoms with Crippen molar-refractivity contribution in [3.05, 3.63) is 76.0 Å². The molecule has 31 heavy (non-hydrogen) atoms. The van der Waals surface area contributed by atoms with Crippen molar-refractivity contribution >= 4 is 5.97 Å². The molecule has 3 rings (SSSR count). The molecule has 0 fully saturated rings. The Hall–Kier alpha value is -3.15. The molecule has 0 unspecified atom stereocenters. The van der Waals surface area contributed by atoms with Crippen LogP contribution in [0.4, 0.5) is 0 Å². The number of hydrogen-bond donors (Lipinski definition) is 1. The van der Waals surface area contributed by atoms with E-state index in [-0.39, 0.29) is 17.2 Å². The number of rotatable bonds is 10. The maximum atomic E-state index is 13.0. The molecule has 1 heterocycles. The molecule has 0 bridgehead atoms. The highest BCUT2D eigenvalue weighted by Crippen LogP contribution is 2.24. The summed E-state index contributed by atoms with van der Waals surface area (Å²) in [4.78, 5) is 24.5. The van der Waals surface area contributed by atoms with Gasteiger partial charge in [-0.3, -0.25) is 4.57 Å². The topological polar surface area (TPSA) is 77.1 Å². The second-order valence-corrected chi connectivity index (χ2v) is 8.21. The van der Waals surface area contributed by atoms with Gasteiger partial charge in [0.2, 0.25) is 0 Å². The Kier molecular flexibility index (Phi) is 7.45. The molecule has 164 valence electrons. The second kappa shape index (κ2) is 10.2. The Labute approximate surface area is 183 Å². The monoisotopic (exact) mass is 421 g/mol. The third-order valence-corrected chi connectivity index (χ3v) is 5.45. The van der Waals surface area contributed by atoms with Crippen LogP contribution in [0.25, 0.3) is 11.1 Å². The molecular formula is C25H31N3O3. The Bertz CT molecular complexity index is 1080. The van der Waals surface area contributed by atoms with Gasteiger partial charge in [0, 0.05) is 12.5 Å². The number of unbranched alkanes of at least 4 members (excludes halogenated alkanes) is 3. The summed E-state index contributed by atoms with van der Waals surface area (Å²) in [6.07, 6.45) is 4.39. The zero-order valence-corrected chi connectivity index (χ0v) is 18.5. The first-order valence-electron chi connectivity index (χ1n) is 11.0. The van der Waals surface area contributed by atoms with E-state index in [0.717, 1.165) is 36.2 Å². The van der Waals surface area contributed by atoms with Gasteiger partial charge in [-0.15, -0.1) is 0 Å². The van der Waals surface area contributed by atoms with Gasteiger partial charge in [0.1, 0.15) is 5.82 Å². The lowest BCUT2D eigenvalue weighted by Crippen LogP contribution is -2.26. The molecule has 0 aliphatic rings. The van der Waals surface area contributed by atoms with Crippen LogP contribution in [0.5, 0.6) is 0 Å². The van der Waals surface area contributed by atoms with Crippen LogP contribution >= 0.6 is 0 Å². The van der Waals surface area contributed by atoms with E-state index in [1.807, 2.05) is 50.2 Å². The van der Waals surface area contributed by atoms with Crippen molar-refractivity contribution in [1.29, 1.82) is 0 Å². The number of aryl methyl sites for hydroxylation is 1. The Morgan fingerprint density at radius 2 is 1.74 bits per heavy atom. The van der Waals surface area contributed by atoms with Gasteiger partial charge in [-0.1, -0.05) is 82.5 Å². The fraction of sp³-hybridized carbons (Fsp3) is 0.400. The Morgan fingerprint density at radius 3 is 2.39 bits per heavy atom. The predicted octanol–water partition coefficient (Wildman–Crippen LogP) is 5.16. The molecule has 0 atom stereocenters. The van der Waals surface area contributed by atoms with E-state index in [2.05, 4.69) is 12.0 Å². The SMILES string of the molecule is CCCCCCn1nc(C(C)C)n(Cc2ccc(-c3ccccc3C(=O)O)cc2)c1=O. The first kappa shape index (κ1) is 22.5. The van der Waals surface area contributed by atoms with Crippen molar-refractivity contribution < 1.29 is 9.90 Å². The molecule has 6 nitrogen and oxygen atoms in total.